The van der Waals surface area contributed by atoms with Crippen LogP contribution in [0.5, 0.6) is 0 Å². The summed E-state index contributed by atoms with van der Waals surface area (Å²) in [4.78, 5) is 14.1. The molecule has 2 aromatic carbocycles. The Morgan fingerprint density at radius 2 is 1.18 bits per heavy atom. The molecule has 0 radical (unpaired) electrons. The highest BCUT2D eigenvalue weighted by Crippen LogP contribution is 2.33. The van der Waals surface area contributed by atoms with E-state index in [2.05, 4.69) is 0 Å². The molecule has 152 valence electrons. The van der Waals surface area contributed by atoms with E-state index in [-0.39, 0.29) is 11.1 Å². The van der Waals surface area contributed by atoms with E-state index in [0.29, 0.717) is 0 Å². The Balaban J connectivity index is 2.76. The van der Waals surface area contributed by atoms with Gasteiger partial charge in [0.05, 0.1) is 5.69 Å². The molecule has 2 N–H and O–H groups in total. The van der Waals surface area contributed by atoms with E-state index in [4.69, 9.17) is 0 Å². The van der Waals surface area contributed by atoms with Gasteiger partial charge in [-0.3, -0.25) is 13.9 Å². The van der Waals surface area contributed by atoms with Crippen LogP contribution < -0.4 is 9.80 Å². The zero-order valence-corrected chi connectivity index (χ0v) is 17.2. The minimum Gasteiger partial charge on any atom is -0.378 e. The van der Waals surface area contributed by atoms with Crippen LogP contribution in [0.4, 0.5) is 11.4 Å². The van der Waals surface area contributed by atoms with Crippen LogP contribution in [0.15, 0.2) is 46.2 Å². The second-order valence-electron chi connectivity index (χ2n) is 6.44. The number of rotatable bonds is 6. The summed E-state index contributed by atoms with van der Waals surface area (Å²) in [6.45, 7) is 0. The molecule has 0 bridgehead atoms. The highest BCUT2D eigenvalue weighted by atomic mass is 32.2. The molecule has 0 saturated heterocycles. The first-order valence-corrected chi connectivity index (χ1v) is 10.7. The monoisotopic (exact) mass is 428 g/mol. The van der Waals surface area contributed by atoms with Gasteiger partial charge >= 0.3 is 0 Å². The quantitative estimate of drug-likeness (QED) is 0.519. The third kappa shape index (κ3) is 4.50. The lowest BCUT2D eigenvalue weighted by Crippen LogP contribution is -2.19. The van der Waals surface area contributed by atoms with Crippen molar-refractivity contribution in [1.82, 2.24) is 0 Å². The van der Waals surface area contributed by atoms with Crippen LogP contribution in [0.3, 0.4) is 0 Å². The van der Waals surface area contributed by atoms with Crippen molar-refractivity contribution in [1.29, 1.82) is 0 Å². The van der Waals surface area contributed by atoms with Gasteiger partial charge in [-0.15, -0.1) is 0 Å². The normalized spacial score (nSPS) is 11.9. The van der Waals surface area contributed by atoms with Gasteiger partial charge in [0.25, 0.3) is 20.2 Å². The van der Waals surface area contributed by atoms with Crippen LogP contribution in [0.25, 0.3) is 0 Å². The minimum atomic E-state index is -4.89. The van der Waals surface area contributed by atoms with Gasteiger partial charge in [-0.05, 0) is 36.4 Å². The van der Waals surface area contributed by atoms with Crippen LogP contribution in [-0.4, -0.2) is 59.9 Å². The summed E-state index contributed by atoms with van der Waals surface area (Å²) in [7, 11) is -3.49. The van der Waals surface area contributed by atoms with E-state index in [0.717, 1.165) is 22.7 Å². The van der Waals surface area contributed by atoms with Gasteiger partial charge in [-0.2, -0.15) is 16.8 Å². The predicted octanol–water partition coefficient (Wildman–Crippen LogP) is 1.54. The fourth-order valence-electron chi connectivity index (χ4n) is 2.63. The maximum atomic E-state index is 12.8. The van der Waals surface area contributed by atoms with Gasteiger partial charge < -0.3 is 9.80 Å². The average Bonchev–Trinajstić information content (AvgIpc) is 2.58. The molecule has 28 heavy (non-hydrogen) atoms. The lowest BCUT2D eigenvalue weighted by Gasteiger charge is -2.20. The predicted molar refractivity (Wildman–Crippen MR) is 105 cm³/mol. The maximum Gasteiger partial charge on any atom is 0.296 e. The lowest BCUT2D eigenvalue weighted by atomic mass is 10.0. The molecule has 0 saturated carbocycles. The Bertz CT molecular complexity index is 1070. The molecule has 0 aromatic heterocycles. The number of carbonyl (C=O) groups is 1. The maximum absolute atomic E-state index is 12.8. The number of ketones is 1. The molecule has 0 amide bonds. The number of anilines is 2. The molecule has 0 atom stereocenters. The van der Waals surface area contributed by atoms with E-state index in [1.165, 1.54) is 26.2 Å². The Labute approximate surface area is 163 Å². The highest BCUT2D eigenvalue weighted by molar-refractivity contribution is 7.87. The average molecular weight is 428 g/mol. The zero-order valence-electron chi connectivity index (χ0n) is 15.6. The van der Waals surface area contributed by atoms with Crippen LogP contribution >= 0.6 is 0 Å². The fourth-order valence-corrected chi connectivity index (χ4v) is 4.32. The summed E-state index contributed by atoms with van der Waals surface area (Å²) in [6.07, 6.45) is 0. The molecule has 0 aliphatic rings. The van der Waals surface area contributed by atoms with Gasteiger partial charge in [-0.25, -0.2) is 0 Å². The largest absolute Gasteiger partial charge is 0.378 e. The zero-order chi connectivity index (χ0) is 21.4. The van der Waals surface area contributed by atoms with Gasteiger partial charge in [0.15, 0.2) is 5.78 Å². The Kier molecular flexibility index (Phi) is 5.85. The molecule has 2 aromatic rings. The van der Waals surface area contributed by atoms with Crippen LogP contribution in [0, 0.1) is 0 Å². The second-order valence-corrected chi connectivity index (χ2v) is 9.22. The smallest absolute Gasteiger partial charge is 0.296 e. The van der Waals surface area contributed by atoms with E-state index >= 15 is 0 Å². The molecule has 0 aliphatic carbocycles. The van der Waals surface area contributed by atoms with E-state index < -0.39 is 41.5 Å². The highest BCUT2D eigenvalue weighted by Gasteiger charge is 2.29. The van der Waals surface area contributed by atoms with Crippen molar-refractivity contribution in [3.63, 3.8) is 0 Å². The number of benzene rings is 2. The third-order valence-electron chi connectivity index (χ3n) is 3.95. The molecule has 0 fully saturated rings. The molecule has 11 heteroatoms. The SMILES string of the molecule is CN(C)c1ccc(C(=O)c2cc(S(=O)(=O)O)c(N(C)C)c(S(=O)(=O)O)c2)cc1. The topological polar surface area (TPSA) is 132 Å². The summed E-state index contributed by atoms with van der Waals surface area (Å²) in [5.41, 5.74) is 0.218. The Morgan fingerprint density at radius 3 is 1.50 bits per heavy atom. The van der Waals surface area contributed by atoms with Crippen molar-refractivity contribution in [2.75, 3.05) is 38.0 Å². The van der Waals surface area contributed by atoms with Crippen molar-refractivity contribution in [3.05, 3.63) is 47.5 Å². The number of hydrogen-bond donors (Lipinski definition) is 2. The van der Waals surface area contributed by atoms with Crippen molar-refractivity contribution < 1.29 is 30.7 Å². The van der Waals surface area contributed by atoms with Crippen LogP contribution in [-0.2, 0) is 20.2 Å². The van der Waals surface area contributed by atoms with Crippen molar-refractivity contribution in [2.24, 2.45) is 0 Å². The van der Waals surface area contributed by atoms with Crippen LogP contribution in [0.2, 0.25) is 0 Å². The third-order valence-corrected chi connectivity index (χ3v) is 5.69. The molecule has 9 nitrogen and oxygen atoms in total. The van der Waals surface area contributed by atoms with Gasteiger partial charge in [0.1, 0.15) is 9.79 Å². The van der Waals surface area contributed by atoms with E-state index in [1.54, 1.807) is 12.1 Å². The first kappa shape index (κ1) is 21.8. The number of carbonyl (C=O) groups excluding carboxylic acids is 1. The molecular weight excluding hydrogens is 408 g/mol. The van der Waals surface area contributed by atoms with E-state index in [9.17, 15) is 30.7 Å². The van der Waals surface area contributed by atoms with E-state index in [1.807, 2.05) is 19.0 Å². The molecule has 0 unspecified atom stereocenters. The summed E-state index contributed by atoms with van der Waals surface area (Å²) >= 11 is 0. The summed E-state index contributed by atoms with van der Waals surface area (Å²) in [5, 5.41) is 0. The first-order chi connectivity index (χ1) is 12.7. The van der Waals surface area contributed by atoms with Crippen molar-refractivity contribution in [2.45, 2.75) is 9.79 Å². The molecule has 0 heterocycles. The number of nitrogens with zero attached hydrogens (tertiary/aromatic N) is 2. The molecule has 0 aliphatic heterocycles. The first-order valence-electron chi connectivity index (χ1n) is 7.86. The van der Waals surface area contributed by atoms with Gasteiger partial charge in [0, 0.05) is 45.0 Å². The summed E-state index contributed by atoms with van der Waals surface area (Å²) in [6, 6.07) is 8.07. The van der Waals surface area contributed by atoms with Crippen molar-refractivity contribution >= 4 is 37.4 Å². The molecular formula is C17H20N2O7S2. The number of hydrogen-bond acceptors (Lipinski definition) is 7. The van der Waals surface area contributed by atoms with Crippen molar-refractivity contribution in [3.8, 4) is 0 Å². The fraction of sp³-hybridized carbons (Fsp3) is 0.235. The summed E-state index contributed by atoms with van der Waals surface area (Å²) < 4.78 is 66.3. The Morgan fingerprint density at radius 1 is 0.750 bits per heavy atom. The van der Waals surface area contributed by atoms with Crippen LogP contribution in [0.1, 0.15) is 15.9 Å². The molecule has 2 rings (SSSR count). The minimum absolute atomic E-state index is 0.172. The second kappa shape index (κ2) is 7.51. The van der Waals surface area contributed by atoms with Gasteiger partial charge in [0.2, 0.25) is 0 Å². The Hall–Kier alpha value is -2.47. The molecule has 0 spiro atoms. The lowest BCUT2D eigenvalue weighted by molar-refractivity contribution is 0.103. The standard InChI is InChI=1S/C17H20N2O7S2/c1-18(2)13-7-5-11(6-8-13)17(20)12-9-14(27(21,22)23)16(19(3)4)15(10-12)28(24,25)26/h5-10H,1-4H3,(H,21,22,23)(H,24,25,26). The van der Waals surface area contributed by atoms with Gasteiger partial charge in [-0.1, -0.05) is 0 Å². The summed E-state index contributed by atoms with van der Waals surface area (Å²) in [5.74, 6) is -0.676.